The van der Waals surface area contributed by atoms with Crippen LogP contribution >= 0.6 is 11.6 Å². The van der Waals surface area contributed by atoms with E-state index in [4.69, 9.17) is 22.1 Å². The molecular weight excluding hydrogens is 378 g/mol. The Bertz CT molecular complexity index is 1000. The summed E-state index contributed by atoms with van der Waals surface area (Å²) >= 11 is 5.89. The molecule has 0 aliphatic carbocycles. The smallest absolute Gasteiger partial charge is 0.210 e. The van der Waals surface area contributed by atoms with Crippen LogP contribution in [-0.4, -0.2) is 22.8 Å². The van der Waals surface area contributed by atoms with Gasteiger partial charge in [0.15, 0.2) is 6.19 Å². The summed E-state index contributed by atoms with van der Waals surface area (Å²) in [4.78, 5) is 5.56. The first-order valence-electron chi connectivity index (χ1n) is 8.46. The number of ether oxygens (including phenoxy) is 1. The zero-order valence-corrected chi connectivity index (χ0v) is 16.1. The molecule has 0 fully saturated rings. The Balaban J connectivity index is 2.07. The van der Waals surface area contributed by atoms with Gasteiger partial charge in [-0.1, -0.05) is 11.6 Å². The quantitative estimate of drug-likeness (QED) is 0.349. The minimum Gasteiger partial charge on any atom is -0.485 e. The van der Waals surface area contributed by atoms with Crippen molar-refractivity contribution in [2.75, 3.05) is 4.90 Å². The molecule has 1 heterocycles. The van der Waals surface area contributed by atoms with Gasteiger partial charge in [-0.3, -0.25) is 0 Å². The van der Waals surface area contributed by atoms with E-state index in [1.165, 1.54) is 0 Å². The summed E-state index contributed by atoms with van der Waals surface area (Å²) < 4.78 is 5.86. The molecule has 8 heteroatoms. The third-order valence-electron chi connectivity index (χ3n) is 4.53. The highest BCUT2D eigenvalue weighted by Crippen LogP contribution is 2.42. The summed E-state index contributed by atoms with van der Waals surface area (Å²) in [6.07, 6.45) is 0.935. The fourth-order valence-electron chi connectivity index (χ4n) is 3.01. The molecule has 0 saturated carbocycles. The van der Waals surface area contributed by atoms with Crippen molar-refractivity contribution in [3.63, 3.8) is 0 Å². The van der Waals surface area contributed by atoms with Crippen LogP contribution in [0.1, 0.15) is 31.0 Å². The fourth-order valence-corrected chi connectivity index (χ4v) is 3.13. The number of hydrogen-bond acceptors (Lipinski definition) is 5. The molecule has 3 rings (SSSR count). The molecule has 28 heavy (non-hydrogen) atoms. The molecule has 0 spiro atoms. The summed E-state index contributed by atoms with van der Waals surface area (Å²) in [7, 11) is 0. The SMILES string of the molecule is CC1(C)Oc2ccc(C#N)cc2C(N=C(N)N(C#N)c2ccc(Cl)cc2)C1O. The fraction of sp³-hybridized carbons (Fsp3) is 0.250. The Hall–Kier alpha value is -3.26. The van der Waals surface area contributed by atoms with Crippen molar-refractivity contribution >= 4 is 23.2 Å². The number of aliphatic hydroxyl groups excluding tert-OH is 1. The van der Waals surface area contributed by atoms with Gasteiger partial charge in [0, 0.05) is 10.6 Å². The lowest BCUT2D eigenvalue weighted by Gasteiger charge is -2.40. The molecule has 2 atom stereocenters. The summed E-state index contributed by atoms with van der Waals surface area (Å²) in [6.45, 7) is 3.47. The van der Waals surface area contributed by atoms with Crippen LogP contribution in [0.5, 0.6) is 5.75 Å². The van der Waals surface area contributed by atoms with E-state index in [0.29, 0.717) is 27.6 Å². The first-order chi connectivity index (χ1) is 13.3. The van der Waals surface area contributed by atoms with Crippen molar-refractivity contribution in [3.8, 4) is 18.0 Å². The standard InChI is InChI=1S/C20H18ClN5O2/c1-20(2)18(27)17(15-9-12(10-22)3-8-16(15)28-20)25-19(24)26(11-23)14-6-4-13(21)5-7-14/h3-9,17-18,27H,1-2H3,(H2,24,25). The first kappa shape index (κ1) is 19.5. The number of guanidine groups is 1. The number of nitriles is 2. The van der Waals surface area contributed by atoms with E-state index < -0.39 is 17.7 Å². The van der Waals surface area contributed by atoms with Crippen LogP contribution in [0.2, 0.25) is 5.02 Å². The summed E-state index contributed by atoms with van der Waals surface area (Å²) in [5, 5.41) is 30.1. The lowest BCUT2D eigenvalue weighted by molar-refractivity contribution is -0.0567. The third kappa shape index (κ3) is 3.59. The van der Waals surface area contributed by atoms with Gasteiger partial charge in [-0.2, -0.15) is 10.5 Å². The number of hydrogen-bond donors (Lipinski definition) is 2. The summed E-state index contributed by atoms with van der Waals surface area (Å²) in [5.74, 6) is 0.408. The molecular formula is C20H18ClN5O2. The average molecular weight is 396 g/mol. The number of aliphatic hydroxyl groups is 1. The molecule has 2 aromatic rings. The van der Waals surface area contributed by atoms with E-state index in [2.05, 4.69) is 11.1 Å². The second kappa shape index (κ2) is 7.40. The molecule has 3 N–H and O–H groups in total. The first-order valence-corrected chi connectivity index (χ1v) is 8.84. The van der Waals surface area contributed by atoms with Crippen LogP contribution in [-0.2, 0) is 0 Å². The Morgan fingerprint density at radius 2 is 1.93 bits per heavy atom. The van der Waals surface area contributed by atoms with Gasteiger partial charge in [0.25, 0.3) is 0 Å². The zero-order valence-electron chi connectivity index (χ0n) is 15.3. The maximum atomic E-state index is 10.8. The van der Waals surface area contributed by atoms with Crippen molar-refractivity contribution in [2.45, 2.75) is 31.6 Å². The van der Waals surface area contributed by atoms with E-state index in [-0.39, 0.29) is 5.96 Å². The average Bonchev–Trinajstić information content (AvgIpc) is 2.67. The monoisotopic (exact) mass is 395 g/mol. The summed E-state index contributed by atoms with van der Waals surface area (Å²) in [6, 6.07) is 12.7. The van der Waals surface area contributed by atoms with Crippen LogP contribution in [0.25, 0.3) is 0 Å². The largest absolute Gasteiger partial charge is 0.485 e. The maximum Gasteiger partial charge on any atom is 0.210 e. The molecule has 1 aliphatic heterocycles. The lowest BCUT2D eigenvalue weighted by Crippen LogP contribution is -2.49. The van der Waals surface area contributed by atoms with Crippen LogP contribution in [0.3, 0.4) is 0 Å². The van der Waals surface area contributed by atoms with Gasteiger partial charge in [-0.25, -0.2) is 9.89 Å². The number of aliphatic imine (C=N–C) groups is 1. The van der Waals surface area contributed by atoms with E-state index in [9.17, 15) is 15.6 Å². The van der Waals surface area contributed by atoms with Crippen molar-refractivity contribution in [2.24, 2.45) is 10.7 Å². The van der Waals surface area contributed by atoms with Crippen LogP contribution < -0.4 is 15.4 Å². The molecule has 0 bridgehead atoms. The van der Waals surface area contributed by atoms with Gasteiger partial charge in [0.1, 0.15) is 23.5 Å². The van der Waals surface area contributed by atoms with Gasteiger partial charge >= 0.3 is 0 Å². The number of benzene rings is 2. The number of nitrogens with two attached hydrogens (primary N) is 1. The molecule has 1 aliphatic rings. The van der Waals surface area contributed by atoms with E-state index in [1.54, 1.807) is 56.3 Å². The zero-order chi connectivity index (χ0) is 20.5. The molecule has 7 nitrogen and oxygen atoms in total. The second-order valence-electron chi connectivity index (χ2n) is 6.86. The van der Waals surface area contributed by atoms with Crippen LogP contribution in [0.4, 0.5) is 5.69 Å². The predicted octanol–water partition coefficient (Wildman–Crippen LogP) is 3.09. The van der Waals surface area contributed by atoms with Crippen molar-refractivity contribution < 1.29 is 9.84 Å². The van der Waals surface area contributed by atoms with Gasteiger partial charge in [-0.15, -0.1) is 0 Å². The van der Waals surface area contributed by atoms with Crippen molar-refractivity contribution in [1.29, 1.82) is 10.5 Å². The minimum atomic E-state index is -1.04. The van der Waals surface area contributed by atoms with E-state index in [1.807, 2.05) is 6.19 Å². The Morgan fingerprint density at radius 3 is 2.54 bits per heavy atom. The van der Waals surface area contributed by atoms with Gasteiger partial charge in [0.05, 0.1) is 17.3 Å². The lowest BCUT2D eigenvalue weighted by atomic mass is 9.86. The minimum absolute atomic E-state index is 0.0973. The Morgan fingerprint density at radius 1 is 1.25 bits per heavy atom. The Kier molecular flexibility index (Phi) is 5.15. The molecule has 0 aromatic heterocycles. The molecule has 2 aromatic carbocycles. The highest BCUT2D eigenvalue weighted by Gasteiger charge is 2.43. The van der Waals surface area contributed by atoms with Crippen molar-refractivity contribution in [1.82, 2.24) is 0 Å². The van der Waals surface area contributed by atoms with Gasteiger partial charge in [0.2, 0.25) is 5.96 Å². The summed E-state index contributed by atoms with van der Waals surface area (Å²) in [5.41, 5.74) is 6.60. The maximum absolute atomic E-state index is 10.8. The highest BCUT2D eigenvalue weighted by atomic mass is 35.5. The van der Waals surface area contributed by atoms with Crippen LogP contribution in [0, 0.1) is 22.8 Å². The number of halogens is 1. The number of nitrogens with zero attached hydrogens (tertiary/aromatic N) is 4. The van der Waals surface area contributed by atoms with Crippen LogP contribution in [0.15, 0.2) is 47.5 Å². The topological polar surface area (TPSA) is 119 Å². The molecule has 142 valence electrons. The predicted molar refractivity (Wildman–Crippen MR) is 106 cm³/mol. The normalized spacial score (nSPS) is 20.3. The van der Waals surface area contributed by atoms with Gasteiger partial charge < -0.3 is 15.6 Å². The van der Waals surface area contributed by atoms with Gasteiger partial charge in [-0.05, 0) is 56.3 Å². The van der Waals surface area contributed by atoms with E-state index >= 15 is 0 Å². The van der Waals surface area contributed by atoms with E-state index in [0.717, 1.165) is 4.90 Å². The molecule has 2 unspecified atom stereocenters. The number of rotatable bonds is 2. The highest BCUT2D eigenvalue weighted by molar-refractivity contribution is 6.30. The number of fused-ring (bicyclic) bond motifs is 1. The third-order valence-corrected chi connectivity index (χ3v) is 4.78. The van der Waals surface area contributed by atoms with Crippen molar-refractivity contribution in [3.05, 3.63) is 58.6 Å². The molecule has 0 saturated heterocycles. The Labute approximate surface area is 167 Å². The second-order valence-corrected chi connectivity index (χ2v) is 7.30. The number of anilines is 1. The molecule has 0 radical (unpaired) electrons. The molecule has 0 amide bonds.